The Morgan fingerprint density at radius 2 is 2.00 bits per heavy atom. The third-order valence-corrected chi connectivity index (χ3v) is 3.34. The van der Waals surface area contributed by atoms with E-state index in [1.807, 2.05) is 6.07 Å². The Morgan fingerprint density at radius 1 is 1.24 bits per heavy atom. The minimum Gasteiger partial charge on any atom is -0.384 e. The summed E-state index contributed by atoms with van der Waals surface area (Å²) in [7, 11) is -5.61. The maximum atomic E-state index is 12.0. The highest BCUT2D eigenvalue weighted by molar-refractivity contribution is 7.87. The van der Waals surface area contributed by atoms with Gasteiger partial charge in [0, 0.05) is 23.7 Å². The predicted molar refractivity (Wildman–Crippen MR) is 68.4 cm³/mol. The first-order chi connectivity index (χ1) is 9.79. The number of allylic oxidation sites excluding steroid dienone is 1. The van der Waals surface area contributed by atoms with Gasteiger partial charge in [0.2, 0.25) is 0 Å². The van der Waals surface area contributed by atoms with Crippen molar-refractivity contribution in [3.8, 4) is 0 Å². The van der Waals surface area contributed by atoms with Crippen molar-refractivity contribution in [1.29, 1.82) is 0 Å². The van der Waals surface area contributed by atoms with Crippen LogP contribution in [-0.2, 0) is 20.7 Å². The van der Waals surface area contributed by atoms with Crippen molar-refractivity contribution in [2.75, 3.05) is 0 Å². The van der Waals surface area contributed by atoms with E-state index >= 15 is 0 Å². The van der Waals surface area contributed by atoms with E-state index in [4.69, 9.17) is 0 Å². The number of hydrogen-bond donors (Lipinski definition) is 0. The quantitative estimate of drug-likeness (QED) is 0.492. The van der Waals surface area contributed by atoms with Gasteiger partial charge in [-0.15, -0.1) is 0 Å². The molecule has 0 amide bonds. The molecule has 0 unspecified atom stereocenters. The van der Waals surface area contributed by atoms with Crippen LogP contribution in [0.2, 0.25) is 0 Å². The van der Waals surface area contributed by atoms with Crippen molar-refractivity contribution in [3.05, 3.63) is 48.5 Å². The highest BCUT2D eigenvalue weighted by Gasteiger charge is 2.47. The Hall–Kier alpha value is -2.16. The molecule has 0 fully saturated rings. The second-order valence-corrected chi connectivity index (χ2v) is 5.49. The zero-order valence-corrected chi connectivity index (χ0v) is 11.2. The minimum absolute atomic E-state index is 0.111. The number of rotatable bonds is 4. The summed E-state index contributed by atoms with van der Waals surface area (Å²) < 4.78 is 60.9. The van der Waals surface area contributed by atoms with Gasteiger partial charge >= 0.3 is 15.6 Å². The molecule has 0 saturated carbocycles. The summed E-state index contributed by atoms with van der Waals surface area (Å²) in [5.74, 6) is 0. The van der Waals surface area contributed by atoms with E-state index in [2.05, 4.69) is 14.2 Å². The lowest BCUT2D eigenvalue weighted by atomic mass is 10.2. The van der Waals surface area contributed by atoms with Crippen LogP contribution in [0.4, 0.5) is 13.2 Å². The molecule has 2 rings (SSSR count). The number of alkyl halides is 3. The van der Waals surface area contributed by atoms with Crippen LogP contribution in [0.1, 0.15) is 5.69 Å². The summed E-state index contributed by atoms with van der Waals surface area (Å²) in [4.78, 5) is 8.20. The third-order valence-electron chi connectivity index (χ3n) is 2.41. The van der Waals surface area contributed by atoms with E-state index in [0.29, 0.717) is 17.6 Å². The van der Waals surface area contributed by atoms with E-state index in [0.717, 1.165) is 11.5 Å². The third kappa shape index (κ3) is 3.69. The summed E-state index contributed by atoms with van der Waals surface area (Å²) in [6, 6.07) is 6.98. The zero-order valence-electron chi connectivity index (χ0n) is 10.4. The van der Waals surface area contributed by atoms with Gasteiger partial charge < -0.3 is 4.18 Å². The smallest absolute Gasteiger partial charge is 0.384 e. The number of halogens is 3. The van der Waals surface area contributed by atoms with Gasteiger partial charge in [-0.05, 0) is 30.3 Å². The van der Waals surface area contributed by atoms with Gasteiger partial charge in [0.15, 0.2) is 5.65 Å². The van der Waals surface area contributed by atoms with Gasteiger partial charge in [0.1, 0.15) is 6.26 Å². The summed E-state index contributed by atoms with van der Waals surface area (Å²) in [6.45, 7) is 0. The van der Waals surface area contributed by atoms with Gasteiger partial charge in [-0.3, -0.25) is 0 Å². The lowest BCUT2D eigenvalue weighted by molar-refractivity contribution is -0.0515. The summed E-state index contributed by atoms with van der Waals surface area (Å²) in [5.41, 5.74) is -4.43. The number of fused-ring (bicyclic) bond motifs is 1. The monoisotopic (exact) mass is 318 g/mol. The van der Waals surface area contributed by atoms with Crippen LogP contribution in [0.5, 0.6) is 0 Å². The molecular weight excluding hydrogens is 309 g/mol. The summed E-state index contributed by atoms with van der Waals surface area (Å²) in [5, 5.41) is 0.820. The van der Waals surface area contributed by atoms with E-state index in [1.54, 1.807) is 24.4 Å². The number of nitrogens with zero attached hydrogens (tertiary/aromatic N) is 2. The Labute approximate surface area is 118 Å². The Kier molecular flexibility index (Phi) is 4.12. The number of hydrogen-bond acceptors (Lipinski definition) is 5. The van der Waals surface area contributed by atoms with Crippen molar-refractivity contribution >= 4 is 21.2 Å². The highest BCUT2D eigenvalue weighted by Crippen LogP contribution is 2.24. The molecule has 0 spiro atoms. The van der Waals surface area contributed by atoms with Crippen LogP contribution in [0.15, 0.2) is 42.8 Å². The van der Waals surface area contributed by atoms with Crippen molar-refractivity contribution in [2.24, 2.45) is 0 Å². The van der Waals surface area contributed by atoms with Crippen LogP contribution >= 0.6 is 0 Å². The Bertz CT molecular complexity index is 773. The van der Waals surface area contributed by atoms with Gasteiger partial charge in [-0.25, -0.2) is 9.97 Å². The molecule has 21 heavy (non-hydrogen) atoms. The first-order valence-corrected chi connectivity index (χ1v) is 7.06. The molecule has 0 N–H and O–H groups in total. The Balaban J connectivity index is 2.03. The van der Waals surface area contributed by atoms with Crippen LogP contribution in [0.25, 0.3) is 11.0 Å². The maximum Gasteiger partial charge on any atom is 0.534 e. The maximum absolute atomic E-state index is 12.0. The van der Waals surface area contributed by atoms with Crippen LogP contribution in [0, 0.1) is 0 Å². The molecule has 5 nitrogen and oxygen atoms in total. The van der Waals surface area contributed by atoms with Crippen molar-refractivity contribution in [2.45, 2.75) is 11.9 Å². The first kappa shape index (κ1) is 15.2. The van der Waals surface area contributed by atoms with Crippen molar-refractivity contribution in [1.82, 2.24) is 9.97 Å². The number of aromatic nitrogens is 2. The molecule has 0 aliphatic rings. The van der Waals surface area contributed by atoms with Crippen LogP contribution in [-0.4, -0.2) is 23.9 Å². The molecule has 112 valence electrons. The molecule has 0 aliphatic heterocycles. The normalized spacial score (nSPS) is 12.9. The molecule has 0 saturated heterocycles. The average Bonchev–Trinajstić information content (AvgIpc) is 2.42. The fraction of sp³-hybridized carbons (Fsp3) is 0.167. The lowest BCUT2D eigenvalue weighted by Gasteiger charge is -2.05. The minimum atomic E-state index is -5.61. The SMILES string of the molecule is O=S(=O)(OC=CCc1ccc2cccnc2n1)C(F)(F)F. The molecule has 2 aromatic heterocycles. The first-order valence-electron chi connectivity index (χ1n) is 5.65. The van der Waals surface area contributed by atoms with E-state index < -0.39 is 15.6 Å². The zero-order chi connectivity index (χ0) is 15.5. The molecule has 2 aromatic rings. The molecule has 0 aliphatic carbocycles. The molecule has 0 bridgehead atoms. The fourth-order valence-electron chi connectivity index (χ4n) is 1.44. The van der Waals surface area contributed by atoms with Gasteiger partial charge in [-0.2, -0.15) is 21.6 Å². The molecule has 0 atom stereocenters. The van der Waals surface area contributed by atoms with E-state index in [1.165, 1.54) is 0 Å². The second-order valence-electron chi connectivity index (χ2n) is 3.92. The lowest BCUT2D eigenvalue weighted by Crippen LogP contribution is -2.23. The van der Waals surface area contributed by atoms with Crippen LogP contribution < -0.4 is 0 Å². The standard InChI is InChI=1S/C12H9F3N2O3S/c13-12(14,15)21(18,19)20-8-2-4-10-6-5-9-3-1-7-16-11(9)17-10/h1-3,5-8H,4H2. The average molecular weight is 318 g/mol. The Morgan fingerprint density at radius 3 is 2.71 bits per heavy atom. The summed E-state index contributed by atoms with van der Waals surface area (Å²) >= 11 is 0. The van der Waals surface area contributed by atoms with Gasteiger partial charge in [0.05, 0.1) is 0 Å². The highest BCUT2D eigenvalue weighted by atomic mass is 32.2. The molecule has 0 aromatic carbocycles. The molecule has 0 radical (unpaired) electrons. The molecule has 2 heterocycles. The number of pyridine rings is 2. The van der Waals surface area contributed by atoms with Crippen molar-refractivity contribution in [3.63, 3.8) is 0 Å². The fourth-order valence-corrected chi connectivity index (χ4v) is 1.78. The second kappa shape index (κ2) is 5.68. The van der Waals surface area contributed by atoms with Crippen molar-refractivity contribution < 1.29 is 25.8 Å². The van der Waals surface area contributed by atoms with Crippen LogP contribution in [0.3, 0.4) is 0 Å². The topological polar surface area (TPSA) is 69.2 Å². The molecule has 9 heteroatoms. The predicted octanol–water partition coefficient (Wildman–Crippen LogP) is 2.55. The van der Waals surface area contributed by atoms with Gasteiger partial charge in [0.25, 0.3) is 0 Å². The van der Waals surface area contributed by atoms with E-state index in [9.17, 15) is 21.6 Å². The summed E-state index contributed by atoms with van der Waals surface area (Å²) in [6.07, 6.45) is 3.28. The van der Waals surface area contributed by atoms with E-state index in [-0.39, 0.29) is 6.42 Å². The molecular formula is C12H9F3N2O3S. The largest absolute Gasteiger partial charge is 0.534 e. The van der Waals surface area contributed by atoms with Gasteiger partial charge in [-0.1, -0.05) is 0 Å².